The van der Waals surface area contributed by atoms with Crippen LogP contribution in [0.4, 0.5) is 0 Å². The number of nitrogens with one attached hydrogen (secondary N) is 2. The minimum Gasteiger partial charge on any atom is -0.484 e. The first-order chi connectivity index (χ1) is 18.4. The van der Waals surface area contributed by atoms with Crippen molar-refractivity contribution in [3.8, 4) is 5.75 Å². The zero-order valence-corrected chi connectivity index (χ0v) is 26.0. The Bertz CT molecular complexity index is 1200. The molecule has 0 amide bonds. The molecule has 0 bridgehead atoms. The molecular formula is C31H49N5O2Si. The number of likely N-dealkylation sites (N-methyl/N-ethyl adjacent to an activating group) is 1. The standard InChI is InChI=1S/C31H49N5O2Si/c1-21(2)39(22(3)4,23(5)6)37-20-31(17-10-18-35(31)7)30(34)36-19-24(13-16-29(36)33)38-28-15-14-27(32)25-11-8-9-12-26(25)28/h8-9,11-13,16,19,21-23,27-28,33-34H,10,14-15,17-18,20,32H2,1-7H3/t27-,28+,31+/m0/s1. The Balaban J connectivity index is 1.65. The van der Waals surface area contributed by atoms with Crippen LogP contribution >= 0.6 is 0 Å². The molecule has 0 unspecified atom stereocenters. The fraction of sp³-hybridized carbons (Fsp3) is 0.613. The van der Waals surface area contributed by atoms with Gasteiger partial charge in [-0.1, -0.05) is 65.8 Å². The quantitative estimate of drug-likeness (QED) is 0.192. The van der Waals surface area contributed by atoms with Crippen molar-refractivity contribution in [2.75, 3.05) is 20.2 Å². The third kappa shape index (κ3) is 5.41. The summed E-state index contributed by atoms with van der Waals surface area (Å²) >= 11 is 0. The SMILES string of the molecule is CC(C)[Si](OC[C@@]1(C(=N)n2cc(O[C@@H]3CC[C@H](N)c4ccccc43)ccc2=N)CCCN1C)(C(C)C)C(C)C. The van der Waals surface area contributed by atoms with E-state index in [0.717, 1.165) is 43.4 Å². The Morgan fingerprint density at radius 3 is 2.26 bits per heavy atom. The molecule has 2 aromatic rings. The Morgan fingerprint density at radius 2 is 1.67 bits per heavy atom. The summed E-state index contributed by atoms with van der Waals surface area (Å²) in [6.07, 6.45) is 5.28. The molecule has 214 valence electrons. The van der Waals surface area contributed by atoms with Crippen LogP contribution in [-0.2, 0) is 4.43 Å². The van der Waals surface area contributed by atoms with Gasteiger partial charge in [0.15, 0.2) is 8.32 Å². The third-order valence-electron chi connectivity index (χ3n) is 9.45. The van der Waals surface area contributed by atoms with Crippen LogP contribution < -0.4 is 16.0 Å². The van der Waals surface area contributed by atoms with Crippen molar-refractivity contribution in [3.63, 3.8) is 0 Å². The second kappa shape index (κ2) is 11.7. The number of rotatable bonds is 9. The summed E-state index contributed by atoms with van der Waals surface area (Å²) < 4.78 is 15.3. The van der Waals surface area contributed by atoms with E-state index in [0.29, 0.717) is 34.8 Å². The van der Waals surface area contributed by atoms with Gasteiger partial charge in [0.1, 0.15) is 28.7 Å². The highest BCUT2D eigenvalue weighted by Gasteiger charge is 2.50. The van der Waals surface area contributed by atoms with Crippen LogP contribution in [0.2, 0.25) is 16.6 Å². The lowest BCUT2D eigenvalue weighted by Gasteiger charge is -2.46. The molecule has 0 saturated carbocycles. The topological polar surface area (TPSA) is 100 Å². The largest absolute Gasteiger partial charge is 0.484 e. The van der Waals surface area contributed by atoms with Crippen molar-refractivity contribution < 1.29 is 9.16 Å². The molecule has 1 aliphatic heterocycles. The molecule has 0 radical (unpaired) electrons. The maximum absolute atomic E-state index is 9.50. The van der Waals surface area contributed by atoms with E-state index in [4.69, 9.17) is 20.3 Å². The summed E-state index contributed by atoms with van der Waals surface area (Å²) in [5.41, 5.74) is 9.75. The fourth-order valence-corrected chi connectivity index (χ4v) is 12.8. The van der Waals surface area contributed by atoms with Crippen LogP contribution in [0.1, 0.15) is 90.5 Å². The highest BCUT2D eigenvalue weighted by molar-refractivity contribution is 6.77. The Labute approximate surface area is 235 Å². The monoisotopic (exact) mass is 551 g/mol. The van der Waals surface area contributed by atoms with Gasteiger partial charge >= 0.3 is 0 Å². The first-order valence-corrected chi connectivity index (χ1v) is 16.8. The van der Waals surface area contributed by atoms with E-state index >= 15 is 0 Å². The van der Waals surface area contributed by atoms with Crippen LogP contribution in [-0.4, -0.2) is 49.4 Å². The van der Waals surface area contributed by atoms with Crippen molar-refractivity contribution in [1.29, 1.82) is 10.8 Å². The van der Waals surface area contributed by atoms with Gasteiger partial charge in [0.25, 0.3) is 0 Å². The number of nitrogens with zero attached hydrogens (tertiary/aromatic N) is 2. The first kappa shape index (κ1) is 29.7. The Kier molecular flexibility index (Phi) is 8.91. The van der Waals surface area contributed by atoms with E-state index in [1.165, 1.54) is 0 Å². The zero-order chi connectivity index (χ0) is 28.5. The number of pyridine rings is 1. The number of hydrogen-bond donors (Lipinski definition) is 3. The minimum absolute atomic E-state index is 0.0331. The number of fused-ring (bicyclic) bond motifs is 1. The number of benzene rings is 1. The predicted octanol–water partition coefficient (Wildman–Crippen LogP) is 6.36. The van der Waals surface area contributed by atoms with Crippen molar-refractivity contribution in [3.05, 3.63) is 59.2 Å². The van der Waals surface area contributed by atoms with Gasteiger partial charge in [0, 0.05) is 6.04 Å². The summed E-state index contributed by atoms with van der Waals surface area (Å²) in [4.78, 5) is 2.27. The first-order valence-electron chi connectivity index (χ1n) is 14.7. The molecule has 8 heteroatoms. The molecule has 2 heterocycles. The molecule has 4 N–H and O–H groups in total. The second-order valence-electron chi connectivity index (χ2n) is 12.6. The molecule has 1 aromatic heterocycles. The maximum atomic E-state index is 9.50. The fourth-order valence-electron chi connectivity index (χ4n) is 7.34. The van der Waals surface area contributed by atoms with Crippen LogP contribution in [0.15, 0.2) is 42.6 Å². The highest BCUT2D eigenvalue weighted by atomic mass is 28.4. The number of hydrogen-bond acceptors (Lipinski definition) is 6. The summed E-state index contributed by atoms with van der Waals surface area (Å²) in [6.45, 7) is 15.2. The van der Waals surface area contributed by atoms with Gasteiger partial charge in [-0.05, 0) is 79.2 Å². The summed E-state index contributed by atoms with van der Waals surface area (Å²) in [6, 6.07) is 11.9. The van der Waals surface area contributed by atoms with E-state index in [9.17, 15) is 5.41 Å². The summed E-state index contributed by atoms with van der Waals surface area (Å²) in [5, 5.41) is 18.2. The summed E-state index contributed by atoms with van der Waals surface area (Å²) in [5.74, 6) is 1.06. The lowest BCUT2D eigenvalue weighted by molar-refractivity contribution is 0.136. The van der Waals surface area contributed by atoms with E-state index in [1.807, 2.05) is 24.4 Å². The second-order valence-corrected chi connectivity index (χ2v) is 18.0. The van der Waals surface area contributed by atoms with Gasteiger partial charge in [0.05, 0.1) is 12.8 Å². The van der Waals surface area contributed by atoms with Crippen LogP contribution in [0.3, 0.4) is 0 Å². The van der Waals surface area contributed by atoms with Gasteiger partial charge in [-0.15, -0.1) is 0 Å². The molecule has 2 aliphatic rings. The van der Waals surface area contributed by atoms with Crippen LogP contribution in [0, 0.1) is 10.8 Å². The number of ether oxygens (including phenoxy) is 1. The van der Waals surface area contributed by atoms with E-state index in [-0.39, 0.29) is 17.6 Å². The van der Waals surface area contributed by atoms with Crippen LogP contribution in [0.25, 0.3) is 0 Å². The molecular weight excluding hydrogens is 502 g/mol. The Hall–Kier alpha value is -2.26. The molecule has 39 heavy (non-hydrogen) atoms. The smallest absolute Gasteiger partial charge is 0.200 e. The van der Waals surface area contributed by atoms with Crippen molar-refractivity contribution >= 4 is 14.2 Å². The van der Waals surface area contributed by atoms with Crippen LogP contribution in [0.5, 0.6) is 5.75 Å². The van der Waals surface area contributed by atoms with Gasteiger partial charge in [-0.3, -0.25) is 20.3 Å². The molecule has 1 saturated heterocycles. The van der Waals surface area contributed by atoms with Gasteiger partial charge < -0.3 is 14.9 Å². The molecule has 3 atom stereocenters. The van der Waals surface area contributed by atoms with Crippen molar-refractivity contribution in [1.82, 2.24) is 9.47 Å². The third-order valence-corrected chi connectivity index (χ3v) is 15.5. The van der Waals surface area contributed by atoms with Crippen molar-refractivity contribution in [2.45, 2.75) is 102 Å². The van der Waals surface area contributed by atoms with E-state index in [1.54, 1.807) is 10.6 Å². The lowest BCUT2D eigenvalue weighted by Crippen LogP contribution is -2.59. The molecule has 4 rings (SSSR count). The lowest BCUT2D eigenvalue weighted by atomic mass is 9.86. The van der Waals surface area contributed by atoms with Gasteiger partial charge in [-0.2, -0.15) is 0 Å². The molecule has 1 aromatic carbocycles. The molecule has 7 nitrogen and oxygen atoms in total. The average molecular weight is 552 g/mol. The van der Waals surface area contributed by atoms with Gasteiger partial charge in [0.2, 0.25) is 0 Å². The normalized spacial score (nSPS) is 24.0. The highest BCUT2D eigenvalue weighted by Crippen LogP contribution is 2.44. The predicted molar refractivity (Wildman–Crippen MR) is 161 cm³/mol. The Morgan fingerprint density at radius 1 is 1.03 bits per heavy atom. The van der Waals surface area contributed by atoms with Gasteiger partial charge in [-0.25, -0.2) is 0 Å². The minimum atomic E-state index is -2.13. The zero-order valence-electron chi connectivity index (χ0n) is 25.0. The number of likely N-dealkylation sites (tertiary alicyclic amines) is 1. The maximum Gasteiger partial charge on any atom is 0.200 e. The molecule has 1 fully saturated rings. The summed E-state index contributed by atoms with van der Waals surface area (Å²) in [7, 11) is -0.0281. The molecule has 1 aliphatic carbocycles. The van der Waals surface area contributed by atoms with Crippen molar-refractivity contribution in [2.24, 2.45) is 5.73 Å². The number of nitrogens with two attached hydrogens (primary N) is 1. The van der Waals surface area contributed by atoms with E-state index < -0.39 is 13.9 Å². The van der Waals surface area contributed by atoms with E-state index in [2.05, 4.69) is 65.6 Å². The average Bonchev–Trinajstić information content (AvgIpc) is 3.27. The molecule has 0 spiro atoms. The number of aromatic nitrogens is 1.